The third kappa shape index (κ3) is 3.16. The molecular weight excluding hydrogens is 253 g/mol. The molecule has 0 spiro atoms. The van der Waals surface area contributed by atoms with Crippen LogP contribution in [0.3, 0.4) is 0 Å². The minimum absolute atomic E-state index is 0.00240. The van der Waals surface area contributed by atoms with Gasteiger partial charge in [0.05, 0.1) is 12.5 Å². The van der Waals surface area contributed by atoms with E-state index in [1.54, 1.807) is 20.8 Å². The first-order chi connectivity index (χ1) is 8.69. The molecule has 4 atom stereocenters. The summed E-state index contributed by atoms with van der Waals surface area (Å²) in [5.74, 6) is -1.44. The van der Waals surface area contributed by atoms with E-state index in [0.29, 0.717) is 6.42 Å². The quantitative estimate of drug-likeness (QED) is 0.836. The summed E-state index contributed by atoms with van der Waals surface area (Å²) in [6.45, 7) is 5.25. The van der Waals surface area contributed by atoms with Crippen molar-refractivity contribution < 1.29 is 23.8 Å². The predicted molar refractivity (Wildman–Crippen MR) is 65.5 cm³/mol. The van der Waals surface area contributed by atoms with Crippen LogP contribution in [0, 0.1) is 11.8 Å². The normalized spacial score (nSPS) is 34.2. The molecule has 108 valence electrons. The first-order valence-electron chi connectivity index (χ1n) is 6.55. The van der Waals surface area contributed by atoms with Gasteiger partial charge in [0.15, 0.2) is 0 Å². The highest BCUT2D eigenvalue weighted by atomic mass is 19.1. The average molecular weight is 273 g/mol. The highest BCUT2D eigenvalue weighted by molar-refractivity contribution is 5.74. The van der Waals surface area contributed by atoms with Gasteiger partial charge in [-0.3, -0.25) is 4.79 Å². The van der Waals surface area contributed by atoms with Crippen molar-refractivity contribution in [3.63, 3.8) is 0 Å². The molecule has 6 heteroatoms. The molecule has 0 radical (unpaired) electrons. The first-order valence-corrected chi connectivity index (χ1v) is 6.55. The van der Waals surface area contributed by atoms with Crippen LogP contribution in [0.4, 0.5) is 9.18 Å². The second-order valence-electron chi connectivity index (χ2n) is 6.38. The van der Waals surface area contributed by atoms with Gasteiger partial charge in [-0.15, -0.1) is 0 Å². The van der Waals surface area contributed by atoms with Crippen LogP contribution in [-0.2, 0) is 9.53 Å². The fourth-order valence-corrected chi connectivity index (χ4v) is 2.67. The number of hydrogen-bond donors (Lipinski definition) is 1. The molecule has 0 aromatic carbocycles. The van der Waals surface area contributed by atoms with Crippen molar-refractivity contribution in [1.82, 2.24) is 4.90 Å². The van der Waals surface area contributed by atoms with Gasteiger partial charge in [-0.05, 0) is 33.1 Å². The SMILES string of the molecule is CC(C)(C)OC(=O)N1C[C@H](F)CC1[C@@H]1C[C@H]1C(=O)O. The van der Waals surface area contributed by atoms with E-state index in [1.165, 1.54) is 4.90 Å². The Kier molecular flexibility index (Phi) is 3.45. The number of carboxylic acid groups (broad SMARTS) is 1. The summed E-state index contributed by atoms with van der Waals surface area (Å²) in [7, 11) is 0. The van der Waals surface area contributed by atoms with Crippen LogP contribution in [0.15, 0.2) is 0 Å². The number of alkyl halides is 1. The van der Waals surface area contributed by atoms with E-state index in [9.17, 15) is 14.0 Å². The lowest BCUT2D eigenvalue weighted by atomic mass is 10.1. The van der Waals surface area contributed by atoms with Crippen LogP contribution in [0.1, 0.15) is 33.6 Å². The fraction of sp³-hybridized carbons (Fsp3) is 0.846. The van der Waals surface area contributed by atoms with E-state index < -0.39 is 29.8 Å². The van der Waals surface area contributed by atoms with Gasteiger partial charge in [-0.25, -0.2) is 9.18 Å². The van der Waals surface area contributed by atoms with Crippen molar-refractivity contribution in [2.45, 2.75) is 51.4 Å². The molecule has 1 unspecified atom stereocenters. The Hall–Kier alpha value is -1.33. The van der Waals surface area contributed by atoms with Crippen LogP contribution < -0.4 is 0 Å². The number of carbonyl (C=O) groups is 2. The molecule has 5 nitrogen and oxygen atoms in total. The summed E-state index contributed by atoms with van der Waals surface area (Å²) in [6.07, 6.45) is -0.902. The lowest BCUT2D eigenvalue weighted by Gasteiger charge is -2.28. The molecule has 1 aliphatic heterocycles. The Labute approximate surface area is 111 Å². The Morgan fingerprint density at radius 3 is 2.42 bits per heavy atom. The number of hydrogen-bond acceptors (Lipinski definition) is 3. The van der Waals surface area contributed by atoms with Crippen molar-refractivity contribution in [1.29, 1.82) is 0 Å². The van der Waals surface area contributed by atoms with Gasteiger partial charge in [0.25, 0.3) is 0 Å². The molecule has 1 heterocycles. The minimum Gasteiger partial charge on any atom is -0.481 e. The molecule has 1 saturated heterocycles. The van der Waals surface area contributed by atoms with E-state index in [-0.39, 0.29) is 24.9 Å². The second kappa shape index (κ2) is 4.65. The van der Waals surface area contributed by atoms with Crippen LogP contribution in [-0.4, -0.2) is 46.4 Å². The van der Waals surface area contributed by atoms with Crippen LogP contribution >= 0.6 is 0 Å². The number of nitrogens with zero attached hydrogens (tertiary/aromatic N) is 1. The molecule has 1 amide bonds. The average Bonchev–Trinajstić information content (AvgIpc) is 2.93. The van der Waals surface area contributed by atoms with Crippen LogP contribution in [0.2, 0.25) is 0 Å². The van der Waals surface area contributed by atoms with Gasteiger partial charge in [0.2, 0.25) is 0 Å². The number of likely N-dealkylation sites (tertiary alicyclic amines) is 1. The molecule has 0 aromatic heterocycles. The number of ether oxygens (including phenoxy) is 1. The predicted octanol–water partition coefficient (Wildman–Crippen LogP) is 2.05. The molecule has 2 fully saturated rings. The van der Waals surface area contributed by atoms with Gasteiger partial charge >= 0.3 is 12.1 Å². The van der Waals surface area contributed by atoms with Crippen molar-refractivity contribution in [2.75, 3.05) is 6.54 Å². The molecule has 1 N–H and O–H groups in total. The Morgan fingerprint density at radius 1 is 1.32 bits per heavy atom. The maximum absolute atomic E-state index is 13.5. The molecular formula is C13H20FNO4. The summed E-state index contributed by atoms with van der Waals surface area (Å²) < 4.78 is 18.8. The minimum atomic E-state index is -1.09. The number of halogens is 1. The Balaban J connectivity index is 2.02. The number of aliphatic carboxylic acids is 1. The van der Waals surface area contributed by atoms with Gasteiger partial charge in [0, 0.05) is 12.5 Å². The number of rotatable bonds is 2. The highest BCUT2D eigenvalue weighted by Crippen LogP contribution is 2.47. The van der Waals surface area contributed by atoms with Crippen molar-refractivity contribution in [3.8, 4) is 0 Å². The van der Waals surface area contributed by atoms with Gasteiger partial charge in [0.1, 0.15) is 11.8 Å². The molecule has 1 saturated carbocycles. The van der Waals surface area contributed by atoms with Gasteiger partial charge in [-0.1, -0.05) is 0 Å². The van der Waals surface area contributed by atoms with Crippen molar-refractivity contribution in [3.05, 3.63) is 0 Å². The van der Waals surface area contributed by atoms with E-state index >= 15 is 0 Å². The third-order valence-electron chi connectivity index (χ3n) is 3.57. The lowest BCUT2D eigenvalue weighted by molar-refractivity contribution is -0.139. The largest absolute Gasteiger partial charge is 0.481 e. The summed E-state index contributed by atoms with van der Waals surface area (Å²) in [5.41, 5.74) is -0.633. The zero-order chi connectivity index (χ0) is 14.4. The van der Waals surface area contributed by atoms with E-state index in [0.717, 1.165) is 0 Å². The number of carboxylic acids is 1. The highest BCUT2D eigenvalue weighted by Gasteiger charge is 2.54. The standard InChI is InChI=1S/C13H20FNO4/c1-13(2,3)19-12(18)15-6-7(14)4-10(15)8-5-9(8)11(16)17/h7-10H,4-6H2,1-3H3,(H,16,17)/t7-,8-,9-,10?/m1/s1. The number of carbonyl (C=O) groups excluding carboxylic acids is 1. The molecule has 19 heavy (non-hydrogen) atoms. The molecule has 2 rings (SSSR count). The van der Waals surface area contributed by atoms with Gasteiger partial charge < -0.3 is 14.7 Å². The third-order valence-corrected chi connectivity index (χ3v) is 3.57. The summed E-state index contributed by atoms with van der Waals surface area (Å²) in [6, 6.07) is -0.342. The summed E-state index contributed by atoms with van der Waals surface area (Å²) >= 11 is 0. The zero-order valence-electron chi connectivity index (χ0n) is 11.4. The number of amides is 1. The summed E-state index contributed by atoms with van der Waals surface area (Å²) in [4.78, 5) is 24.3. The topological polar surface area (TPSA) is 66.8 Å². The Morgan fingerprint density at radius 2 is 1.95 bits per heavy atom. The monoisotopic (exact) mass is 273 g/mol. The molecule has 0 bridgehead atoms. The molecule has 0 aromatic rings. The summed E-state index contributed by atoms with van der Waals surface area (Å²) in [5, 5.41) is 8.93. The molecule has 1 aliphatic carbocycles. The van der Waals surface area contributed by atoms with E-state index in [1.807, 2.05) is 0 Å². The van der Waals surface area contributed by atoms with E-state index in [4.69, 9.17) is 9.84 Å². The maximum atomic E-state index is 13.5. The van der Waals surface area contributed by atoms with E-state index in [2.05, 4.69) is 0 Å². The Bertz CT molecular complexity index is 393. The fourth-order valence-electron chi connectivity index (χ4n) is 2.67. The first kappa shape index (κ1) is 14.1. The lowest BCUT2D eigenvalue weighted by Crippen LogP contribution is -2.41. The zero-order valence-corrected chi connectivity index (χ0v) is 11.4. The van der Waals surface area contributed by atoms with Crippen LogP contribution in [0.5, 0.6) is 0 Å². The maximum Gasteiger partial charge on any atom is 0.410 e. The van der Waals surface area contributed by atoms with Crippen molar-refractivity contribution >= 4 is 12.1 Å². The van der Waals surface area contributed by atoms with Gasteiger partial charge in [-0.2, -0.15) is 0 Å². The van der Waals surface area contributed by atoms with Crippen LogP contribution in [0.25, 0.3) is 0 Å². The van der Waals surface area contributed by atoms with Crippen molar-refractivity contribution in [2.24, 2.45) is 11.8 Å². The molecule has 2 aliphatic rings. The smallest absolute Gasteiger partial charge is 0.410 e. The second-order valence-corrected chi connectivity index (χ2v) is 6.38.